The molecule has 2 aromatic rings. The van der Waals surface area contributed by atoms with Crippen molar-refractivity contribution in [1.29, 1.82) is 0 Å². The number of aliphatic hydroxyl groups excluding tert-OH is 1. The van der Waals surface area contributed by atoms with E-state index in [1.54, 1.807) is 11.3 Å². The predicted molar refractivity (Wildman–Crippen MR) is 79.7 cm³/mol. The van der Waals surface area contributed by atoms with E-state index in [2.05, 4.69) is 41.7 Å². The smallest absolute Gasteiger partial charge is 0.194 e. The van der Waals surface area contributed by atoms with Crippen LogP contribution >= 0.6 is 11.3 Å². The number of imidazole rings is 1. The summed E-state index contributed by atoms with van der Waals surface area (Å²) in [7, 11) is 0. The number of aromatic nitrogens is 2. The maximum Gasteiger partial charge on any atom is 0.194 e. The Morgan fingerprint density at radius 2 is 2.16 bits per heavy atom. The molecule has 0 bridgehead atoms. The number of thiazole rings is 1. The van der Waals surface area contributed by atoms with Gasteiger partial charge in [0, 0.05) is 24.2 Å². The lowest BCUT2D eigenvalue weighted by atomic mass is 10.1. The molecule has 2 aromatic heterocycles. The fourth-order valence-electron chi connectivity index (χ4n) is 2.31. The zero-order valence-electron chi connectivity index (χ0n) is 12.1. The van der Waals surface area contributed by atoms with E-state index < -0.39 is 0 Å². The fraction of sp³-hybridized carbons (Fsp3) is 0.643. The van der Waals surface area contributed by atoms with Crippen molar-refractivity contribution in [3.8, 4) is 0 Å². The van der Waals surface area contributed by atoms with E-state index >= 15 is 0 Å². The second-order valence-electron chi connectivity index (χ2n) is 5.55. The third kappa shape index (κ3) is 3.55. The highest BCUT2D eigenvalue weighted by Crippen LogP contribution is 2.20. The van der Waals surface area contributed by atoms with Crippen LogP contribution in [0.5, 0.6) is 0 Å². The average Bonchev–Trinajstić information content (AvgIpc) is 2.75. The molecule has 19 heavy (non-hydrogen) atoms. The summed E-state index contributed by atoms with van der Waals surface area (Å²) < 4.78 is 2.15. The molecule has 4 nitrogen and oxygen atoms in total. The molecule has 0 amide bonds. The summed E-state index contributed by atoms with van der Waals surface area (Å²) in [6.45, 7) is 9.77. The van der Waals surface area contributed by atoms with E-state index in [4.69, 9.17) is 0 Å². The molecule has 0 fully saturated rings. The molecule has 2 rings (SSSR count). The third-order valence-corrected chi connectivity index (χ3v) is 4.05. The molecule has 2 N–H and O–H groups in total. The number of nitrogens with one attached hydrogen (secondary N) is 1. The van der Waals surface area contributed by atoms with E-state index in [1.165, 1.54) is 10.6 Å². The first-order chi connectivity index (χ1) is 8.97. The van der Waals surface area contributed by atoms with E-state index in [0.717, 1.165) is 23.6 Å². The zero-order chi connectivity index (χ0) is 14.0. The molecular formula is C14H23N3OS. The third-order valence-electron chi connectivity index (χ3n) is 3.16. The van der Waals surface area contributed by atoms with Crippen molar-refractivity contribution >= 4 is 16.3 Å². The highest BCUT2D eigenvalue weighted by Gasteiger charge is 2.12. The standard InChI is InChI=1S/C14H23N3OS/c1-9(2)5-12(18)6-15-7-13-11(4)16-14-17(13)8-10(3)19-14/h8-9,12,15,18H,5-7H2,1-4H3. The molecule has 0 aromatic carbocycles. The van der Waals surface area contributed by atoms with Crippen LogP contribution in [0.3, 0.4) is 0 Å². The lowest BCUT2D eigenvalue weighted by Crippen LogP contribution is -2.28. The molecule has 1 unspecified atom stereocenters. The number of aryl methyl sites for hydroxylation is 2. The van der Waals surface area contributed by atoms with Crippen LogP contribution in [0.1, 0.15) is 36.5 Å². The Balaban J connectivity index is 1.96. The van der Waals surface area contributed by atoms with Crippen LogP contribution in [0, 0.1) is 19.8 Å². The van der Waals surface area contributed by atoms with Crippen molar-refractivity contribution in [2.75, 3.05) is 6.54 Å². The molecule has 0 spiro atoms. The van der Waals surface area contributed by atoms with Gasteiger partial charge in [0.15, 0.2) is 4.96 Å². The summed E-state index contributed by atoms with van der Waals surface area (Å²) in [5.74, 6) is 0.528. The van der Waals surface area contributed by atoms with Crippen LogP contribution < -0.4 is 5.32 Å². The van der Waals surface area contributed by atoms with Crippen molar-refractivity contribution < 1.29 is 5.11 Å². The molecule has 1 atom stereocenters. The van der Waals surface area contributed by atoms with Crippen LogP contribution in [-0.4, -0.2) is 27.1 Å². The van der Waals surface area contributed by atoms with Crippen molar-refractivity contribution in [2.24, 2.45) is 5.92 Å². The summed E-state index contributed by atoms with van der Waals surface area (Å²) >= 11 is 1.71. The van der Waals surface area contributed by atoms with E-state index in [1.807, 2.05) is 6.92 Å². The Kier molecular flexibility index (Phi) is 4.60. The molecule has 0 saturated heterocycles. The lowest BCUT2D eigenvalue weighted by molar-refractivity contribution is 0.146. The van der Waals surface area contributed by atoms with Gasteiger partial charge in [0.2, 0.25) is 0 Å². The van der Waals surface area contributed by atoms with Gasteiger partial charge in [-0.05, 0) is 26.2 Å². The summed E-state index contributed by atoms with van der Waals surface area (Å²) in [6.07, 6.45) is 2.69. The van der Waals surface area contributed by atoms with Gasteiger partial charge in [-0.15, -0.1) is 11.3 Å². The van der Waals surface area contributed by atoms with E-state index in [-0.39, 0.29) is 6.10 Å². The van der Waals surface area contributed by atoms with Crippen molar-refractivity contribution in [1.82, 2.24) is 14.7 Å². The molecule has 5 heteroatoms. The first kappa shape index (κ1) is 14.5. The van der Waals surface area contributed by atoms with Crippen molar-refractivity contribution in [3.05, 3.63) is 22.5 Å². The predicted octanol–water partition coefficient (Wildman–Crippen LogP) is 2.51. The molecule has 0 aliphatic carbocycles. The van der Waals surface area contributed by atoms with Crippen LogP contribution in [0.25, 0.3) is 4.96 Å². The molecular weight excluding hydrogens is 258 g/mol. The molecule has 0 aliphatic rings. The summed E-state index contributed by atoms with van der Waals surface area (Å²) in [4.78, 5) is 6.88. The SMILES string of the molecule is Cc1cn2c(CNCC(O)CC(C)C)c(C)nc2s1. The average molecular weight is 281 g/mol. The zero-order valence-corrected chi connectivity index (χ0v) is 12.9. The maximum atomic E-state index is 9.85. The van der Waals surface area contributed by atoms with Gasteiger partial charge < -0.3 is 10.4 Å². The number of hydrogen-bond donors (Lipinski definition) is 2. The Labute approximate surface area is 118 Å². The number of nitrogens with zero attached hydrogens (tertiary/aromatic N) is 2. The van der Waals surface area contributed by atoms with Gasteiger partial charge in [-0.3, -0.25) is 4.40 Å². The lowest BCUT2D eigenvalue weighted by Gasteiger charge is -2.13. The van der Waals surface area contributed by atoms with Crippen LogP contribution in [0.4, 0.5) is 0 Å². The molecule has 106 valence electrons. The summed E-state index contributed by atoms with van der Waals surface area (Å²) in [5.41, 5.74) is 2.26. The van der Waals surface area contributed by atoms with Crippen molar-refractivity contribution in [3.63, 3.8) is 0 Å². The van der Waals surface area contributed by atoms with Crippen molar-refractivity contribution in [2.45, 2.75) is 46.8 Å². The van der Waals surface area contributed by atoms with Gasteiger partial charge >= 0.3 is 0 Å². The molecule has 0 radical (unpaired) electrons. The Bertz CT molecular complexity index is 544. The van der Waals surface area contributed by atoms with E-state index in [0.29, 0.717) is 12.5 Å². The summed E-state index contributed by atoms with van der Waals surface area (Å²) in [6, 6.07) is 0. The van der Waals surface area contributed by atoms with Crippen LogP contribution in [-0.2, 0) is 6.54 Å². The number of aliphatic hydroxyl groups is 1. The van der Waals surface area contributed by atoms with E-state index in [9.17, 15) is 5.11 Å². The Hall–Kier alpha value is -0.910. The number of hydrogen-bond acceptors (Lipinski definition) is 4. The quantitative estimate of drug-likeness (QED) is 0.855. The maximum absolute atomic E-state index is 9.85. The molecule has 0 saturated carbocycles. The monoisotopic (exact) mass is 281 g/mol. The fourth-order valence-corrected chi connectivity index (χ4v) is 3.20. The first-order valence-corrected chi connectivity index (χ1v) is 7.61. The minimum Gasteiger partial charge on any atom is -0.392 e. The van der Waals surface area contributed by atoms with Gasteiger partial charge in [-0.2, -0.15) is 0 Å². The van der Waals surface area contributed by atoms with Gasteiger partial charge in [-0.25, -0.2) is 4.98 Å². The number of rotatable bonds is 6. The molecule has 0 aliphatic heterocycles. The minimum atomic E-state index is -0.270. The highest BCUT2D eigenvalue weighted by atomic mass is 32.1. The van der Waals surface area contributed by atoms with Gasteiger partial charge in [0.05, 0.1) is 17.5 Å². The summed E-state index contributed by atoms with van der Waals surface area (Å²) in [5, 5.41) is 13.2. The number of fused-ring (bicyclic) bond motifs is 1. The van der Waals surface area contributed by atoms with Gasteiger partial charge in [0.25, 0.3) is 0 Å². The highest BCUT2D eigenvalue weighted by molar-refractivity contribution is 7.17. The first-order valence-electron chi connectivity index (χ1n) is 6.80. The van der Waals surface area contributed by atoms with Crippen LogP contribution in [0.2, 0.25) is 0 Å². The van der Waals surface area contributed by atoms with Gasteiger partial charge in [0.1, 0.15) is 0 Å². The normalized spacial score (nSPS) is 13.6. The largest absolute Gasteiger partial charge is 0.392 e. The second kappa shape index (κ2) is 6.03. The topological polar surface area (TPSA) is 49.6 Å². The van der Waals surface area contributed by atoms with Gasteiger partial charge in [-0.1, -0.05) is 13.8 Å². The Morgan fingerprint density at radius 3 is 2.84 bits per heavy atom. The second-order valence-corrected chi connectivity index (χ2v) is 6.77. The minimum absolute atomic E-state index is 0.270. The molecule has 2 heterocycles. The van der Waals surface area contributed by atoms with Crippen LogP contribution in [0.15, 0.2) is 6.20 Å². The Morgan fingerprint density at radius 1 is 1.42 bits per heavy atom.